The van der Waals surface area contributed by atoms with E-state index in [9.17, 15) is 9.59 Å². The number of carbonyl (C=O) groups excluding carboxylic acids is 2. The number of methoxy groups -OCH3 is 3. The first-order valence-corrected chi connectivity index (χ1v) is 8.98. The van der Waals surface area contributed by atoms with E-state index in [0.29, 0.717) is 30.3 Å². The number of amides is 2. The summed E-state index contributed by atoms with van der Waals surface area (Å²) in [5.74, 6) is 1.29. The summed E-state index contributed by atoms with van der Waals surface area (Å²) in [5.41, 5.74) is 1.60. The molecule has 7 nitrogen and oxygen atoms in total. The molecule has 1 fully saturated rings. The van der Waals surface area contributed by atoms with E-state index < -0.39 is 5.92 Å². The lowest BCUT2D eigenvalue weighted by atomic mass is 10.1. The lowest BCUT2D eigenvalue weighted by molar-refractivity contribution is -0.126. The highest BCUT2D eigenvalue weighted by atomic mass is 16.5. The molecule has 2 aromatic carbocycles. The summed E-state index contributed by atoms with van der Waals surface area (Å²) in [4.78, 5) is 26.6. The standard InChI is InChI=1S/C21H24N2O5/c1-26-16-6-4-14(5-7-16)12-22-21(25)15-10-20(24)23(13-15)18-9-8-17(27-2)11-19(18)28-3/h4-9,11,15H,10,12-13H2,1-3H3,(H,22,25)/t15-/m0/s1. The average molecular weight is 384 g/mol. The molecule has 1 aliphatic heterocycles. The largest absolute Gasteiger partial charge is 0.497 e. The van der Waals surface area contributed by atoms with Crippen LogP contribution in [-0.4, -0.2) is 39.7 Å². The number of benzene rings is 2. The van der Waals surface area contributed by atoms with Crippen LogP contribution < -0.4 is 24.4 Å². The van der Waals surface area contributed by atoms with Gasteiger partial charge in [-0.05, 0) is 29.8 Å². The number of nitrogens with zero attached hydrogens (tertiary/aromatic N) is 1. The van der Waals surface area contributed by atoms with E-state index in [-0.39, 0.29) is 18.2 Å². The first-order valence-electron chi connectivity index (χ1n) is 8.98. The molecule has 1 saturated heterocycles. The SMILES string of the molecule is COc1ccc(CNC(=O)[C@H]2CC(=O)N(c3ccc(OC)cc3OC)C2)cc1. The minimum Gasteiger partial charge on any atom is -0.497 e. The van der Waals surface area contributed by atoms with Crippen molar-refractivity contribution in [3.05, 3.63) is 48.0 Å². The van der Waals surface area contributed by atoms with E-state index in [4.69, 9.17) is 14.2 Å². The zero-order valence-corrected chi connectivity index (χ0v) is 16.2. The summed E-state index contributed by atoms with van der Waals surface area (Å²) < 4.78 is 15.7. The Hall–Kier alpha value is -3.22. The Morgan fingerprint density at radius 1 is 1.04 bits per heavy atom. The maximum atomic E-state index is 12.6. The Bertz CT molecular complexity index is 850. The number of carbonyl (C=O) groups is 2. The fourth-order valence-electron chi connectivity index (χ4n) is 3.20. The van der Waals surface area contributed by atoms with Gasteiger partial charge in [-0.25, -0.2) is 0 Å². The molecule has 0 spiro atoms. The molecule has 2 aromatic rings. The van der Waals surface area contributed by atoms with Crippen molar-refractivity contribution < 1.29 is 23.8 Å². The van der Waals surface area contributed by atoms with Gasteiger partial charge >= 0.3 is 0 Å². The quantitative estimate of drug-likeness (QED) is 0.793. The molecule has 0 unspecified atom stereocenters. The Morgan fingerprint density at radius 2 is 1.71 bits per heavy atom. The fourth-order valence-corrected chi connectivity index (χ4v) is 3.20. The van der Waals surface area contributed by atoms with Crippen molar-refractivity contribution in [1.82, 2.24) is 5.32 Å². The zero-order chi connectivity index (χ0) is 20.1. The molecule has 1 atom stereocenters. The molecule has 0 radical (unpaired) electrons. The highest BCUT2D eigenvalue weighted by molar-refractivity contribution is 6.01. The second-order valence-electron chi connectivity index (χ2n) is 6.51. The van der Waals surface area contributed by atoms with Gasteiger partial charge in [-0.15, -0.1) is 0 Å². The van der Waals surface area contributed by atoms with Crippen LogP contribution in [0, 0.1) is 5.92 Å². The van der Waals surface area contributed by atoms with Crippen LogP contribution in [-0.2, 0) is 16.1 Å². The van der Waals surface area contributed by atoms with Crippen molar-refractivity contribution in [2.24, 2.45) is 5.92 Å². The molecule has 7 heteroatoms. The maximum absolute atomic E-state index is 12.6. The molecule has 3 rings (SSSR count). The molecule has 2 amide bonds. The van der Waals surface area contributed by atoms with Gasteiger partial charge in [0.05, 0.1) is 32.9 Å². The molecular weight excluding hydrogens is 360 g/mol. The minimum absolute atomic E-state index is 0.104. The first kappa shape index (κ1) is 19.5. The topological polar surface area (TPSA) is 77.1 Å². The zero-order valence-electron chi connectivity index (χ0n) is 16.2. The van der Waals surface area contributed by atoms with Crippen molar-refractivity contribution in [3.63, 3.8) is 0 Å². The van der Waals surface area contributed by atoms with Gasteiger partial charge in [-0.2, -0.15) is 0 Å². The Balaban J connectivity index is 1.64. The number of ether oxygens (including phenoxy) is 3. The van der Waals surface area contributed by atoms with Crippen molar-refractivity contribution >= 4 is 17.5 Å². The highest BCUT2D eigenvalue weighted by Gasteiger charge is 2.36. The Labute approximate surface area is 164 Å². The number of hydrogen-bond donors (Lipinski definition) is 1. The van der Waals surface area contributed by atoms with Gasteiger partial charge in [0.1, 0.15) is 17.2 Å². The van der Waals surface area contributed by atoms with Gasteiger partial charge in [0.25, 0.3) is 0 Å². The molecule has 1 heterocycles. The van der Waals surface area contributed by atoms with Crippen LogP contribution in [0.3, 0.4) is 0 Å². The third-order valence-electron chi connectivity index (χ3n) is 4.80. The van der Waals surface area contributed by atoms with Gasteiger partial charge in [0.15, 0.2) is 0 Å². The molecule has 148 valence electrons. The van der Waals surface area contributed by atoms with Crippen LogP contribution in [0.2, 0.25) is 0 Å². The summed E-state index contributed by atoms with van der Waals surface area (Å²) in [6.07, 6.45) is 0.170. The number of nitrogens with one attached hydrogen (secondary N) is 1. The van der Waals surface area contributed by atoms with Crippen LogP contribution >= 0.6 is 0 Å². The average Bonchev–Trinajstić information content (AvgIpc) is 3.13. The second kappa shape index (κ2) is 8.65. The van der Waals surface area contributed by atoms with Crippen LogP contribution in [0.25, 0.3) is 0 Å². The van der Waals surface area contributed by atoms with Crippen LogP contribution in [0.1, 0.15) is 12.0 Å². The highest BCUT2D eigenvalue weighted by Crippen LogP contribution is 2.35. The van der Waals surface area contributed by atoms with Crippen LogP contribution in [0.4, 0.5) is 5.69 Å². The molecular formula is C21H24N2O5. The summed E-state index contributed by atoms with van der Waals surface area (Å²) >= 11 is 0. The maximum Gasteiger partial charge on any atom is 0.227 e. The predicted octanol–water partition coefficient (Wildman–Crippen LogP) is 2.38. The molecule has 0 saturated carbocycles. The van der Waals surface area contributed by atoms with E-state index in [2.05, 4.69) is 5.32 Å². The predicted molar refractivity (Wildman–Crippen MR) is 105 cm³/mol. The van der Waals surface area contributed by atoms with Crippen molar-refractivity contribution in [1.29, 1.82) is 0 Å². The molecule has 28 heavy (non-hydrogen) atoms. The van der Waals surface area contributed by atoms with Crippen molar-refractivity contribution in [2.75, 3.05) is 32.8 Å². The first-order chi connectivity index (χ1) is 13.5. The second-order valence-corrected chi connectivity index (χ2v) is 6.51. The van der Waals surface area contributed by atoms with Gasteiger partial charge in [0.2, 0.25) is 11.8 Å². The lowest BCUT2D eigenvalue weighted by Gasteiger charge is -2.20. The monoisotopic (exact) mass is 384 g/mol. The van der Waals surface area contributed by atoms with E-state index in [0.717, 1.165) is 11.3 Å². The van der Waals surface area contributed by atoms with E-state index >= 15 is 0 Å². The summed E-state index contributed by atoms with van der Waals surface area (Å²) in [5, 5.41) is 2.91. The molecule has 0 aromatic heterocycles. The van der Waals surface area contributed by atoms with Gasteiger partial charge in [-0.3, -0.25) is 9.59 Å². The van der Waals surface area contributed by atoms with Gasteiger partial charge < -0.3 is 24.4 Å². The smallest absolute Gasteiger partial charge is 0.227 e. The van der Waals surface area contributed by atoms with E-state index in [1.165, 1.54) is 7.11 Å². The fraction of sp³-hybridized carbons (Fsp3) is 0.333. The summed E-state index contributed by atoms with van der Waals surface area (Å²) in [7, 11) is 4.72. The van der Waals surface area contributed by atoms with Crippen molar-refractivity contribution in [2.45, 2.75) is 13.0 Å². The third-order valence-corrected chi connectivity index (χ3v) is 4.80. The normalized spacial score (nSPS) is 16.0. The molecule has 0 aliphatic carbocycles. The van der Waals surface area contributed by atoms with Gasteiger partial charge in [0, 0.05) is 25.6 Å². The Morgan fingerprint density at radius 3 is 2.36 bits per heavy atom. The molecule has 1 aliphatic rings. The molecule has 0 bridgehead atoms. The van der Waals surface area contributed by atoms with Gasteiger partial charge in [-0.1, -0.05) is 12.1 Å². The number of hydrogen-bond acceptors (Lipinski definition) is 5. The van der Waals surface area contributed by atoms with Crippen LogP contribution in [0.5, 0.6) is 17.2 Å². The molecule has 1 N–H and O–H groups in total. The van der Waals surface area contributed by atoms with E-state index in [1.54, 1.807) is 37.3 Å². The van der Waals surface area contributed by atoms with Crippen LogP contribution in [0.15, 0.2) is 42.5 Å². The lowest BCUT2D eigenvalue weighted by Crippen LogP contribution is -2.32. The Kier molecular flexibility index (Phi) is 6.03. The summed E-state index contributed by atoms with van der Waals surface area (Å²) in [6, 6.07) is 12.7. The summed E-state index contributed by atoms with van der Waals surface area (Å²) in [6.45, 7) is 0.718. The van der Waals surface area contributed by atoms with E-state index in [1.807, 2.05) is 24.3 Å². The minimum atomic E-state index is -0.405. The number of rotatable bonds is 7. The number of anilines is 1. The van der Waals surface area contributed by atoms with Crippen molar-refractivity contribution in [3.8, 4) is 17.2 Å². The third kappa shape index (κ3) is 4.19.